The van der Waals surface area contributed by atoms with Gasteiger partial charge in [0.25, 0.3) is 0 Å². The second kappa shape index (κ2) is 4.40. The van der Waals surface area contributed by atoms with Crippen LogP contribution in [0.5, 0.6) is 0 Å². The van der Waals surface area contributed by atoms with Gasteiger partial charge in [0.2, 0.25) is 0 Å². The van der Waals surface area contributed by atoms with Gasteiger partial charge in [-0.3, -0.25) is 4.90 Å². The minimum Gasteiger partial charge on any atom is -0.479 e. The van der Waals surface area contributed by atoms with Gasteiger partial charge in [-0.1, -0.05) is 0 Å². The minimum atomic E-state index is -0.894. The molecule has 1 atom stereocenters. The van der Waals surface area contributed by atoms with Gasteiger partial charge >= 0.3 is 5.97 Å². The van der Waals surface area contributed by atoms with E-state index in [1.807, 2.05) is 0 Å². The molecule has 5 heteroatoms. The third kappa shape index (κ3) is 2.52. The fourth-order valence-corrected chi connectivity index (χ4v) is 2.21. The SMILES string of the molecule is N#CCC1(CN2CCOC(C(=O)O)C2)CC1. The molecule has 0 aromatic carbocycles. The van der Waals surface area contributed by atoms with Gasteiger partial charge in [0.1, 0.15) is 0 Å². The normalized spacial score (nSPS) is 28.3. The Morgan fingerprint density at radius 2 is 2.38 bits per heavy atom. The van der Waals surface area contributed by atoms with Crippen molar-refractivity contribution in [3.8, 4) is 6.07 Å². The van der Waals surface area contributed by atoms with Crippen molar-refractivity contribution >= 4 is 5.97 Å². The summed E-state index contributed by atoms with van der Waals surface area (Å²) in [7, 11) is 0. The van der Waals surface area contributed by atoms with Crippen LogP contribution in [0.25, 0.3) is 0 Å². The summed E-state index contributed by atoms with van der Waals surface area (Å²) in [4.78, 5) is 12.9. The van der Waals surface area contributed by atoms with Crippen LogP contribution in [0.3, 0.4) is 0 Å². The predicted octanol–water partition coefficient (Wildman–Crippen LogP) is 0.466. The number of morpholine rings is 1. The van der Waals surface area contributed by atoms with Crippen molar-refractivity contribution in [3.05, 3.63) is 0 Å². The van der Waals surface area contributed by atoms with Gasteiger partial charge in [-0.2, -0.15) is 5.26 Å². The summed E-state index contributed by atoms with van der Waals surface area (Å²) in [5.41, 5.74) is 0.148. The van der Waals surface area contributed by atoms with Crippen molar-refractivity contribution in [1.29, 1.82) is 5.26 Å². The Morgan fingerprint density at radius 3 is 2.94 bits per heavy atom. The Labute approximate surface area is 94.6 Å². The Balaban J connectivity index is 1.86. The van der Waals surface area contributed by atoms with E-state index in [-0.39, 0.29) is 5.41 Å². The molecule has 1 saturated heterocycles. The topological polar surface area (TPSA) is 73.6 Å². The molecule has 1 N–H and O–H groups in total. The second-order valence-corrected chi connectivity index (χ2v) is 4.77. The van der Waals surface area contributed by atoms with Gasteiger partial charge in [-0.25, -0.2) is 4.79 Å². The van der Waals surface area contributed by atoms with Gasteiger partial charge in [0, 0.05) is 26.1 Å². The number of carboxylic acid groups (broad SMARTS) is 1. The predicted molar refractivity (Wildman–Crippen MR) is 55.7 cm³/mol. The molecule has 0 bridgehead atoms. The van der Waals surface area contributed by atoms with Crippen molar-refractivity contribution in [3.63, 3.8) is 0 Å². The number of nitrogens with zero attached hydrogens (tertiary/aromatic N) is 2. The number of nitriles is 1. The highest BCUT2D eigenvalue weighted by molar-refractivity contribution is 5.72. The molecule has 5 nitrogen and oxygen atoms in total. The summed E-state index contributed by atoms with van der Waals surface area (Å²) in [6.07, 6.45) is 2.07. The smallest absolute Gasteiger partial charge is 0.334 e. The van der Waals surface area contributed by atoms with Gasteiger partial charge in [0.05, 0.1) is 12.7 Å². The molecular weight excluding hydrogens is 208 g/mol. The molecule has 88 valence electrons. The number of ether oxygens (including phenoxy) is 1. The molecule has 1 unspecified atom stereocenters. The first-order valence-corrected chi connectivity index (χ1v) is 5.59. The average Bonchev–Trinajstić information content (AvgIpc) is 2.99. The summed E-state index contributed by atoms with van der Waals surface area (Å²) >= 11 is 0. The van der Waals surface area contributed by atoms with E-state index in [0.29, 0.717) is 19.6 Å². The summed E-state index contributed by atoms with van der Waals surface area (Å²) in [5, 5.41) is 17.6. The van der Waals surface area contributed by atoms with Crippen molar-refractivity contribution in [2.45, 2.75) is 25.4 Å². The Hall–Kier alpha value is -1.12. The second-order valence-electron chi connectivity index (χ2n) is 4.77. The van der Waals surface area contributed by atoms with Crippen LogP contribution in [0.4, 0.5) is 0 Å². The lowest BCUT2D eigenvalue weighted by Gasteiger charge is -2.33. The number of aliphatic carboxylic acids is 1. The molecule has 2 fully saturated rings. The van der Waals surface area contributed by atoms with E-state index in [1.54, 1.807) is 0 Å². The molecule has 0 aromatic heterocycles. The summed E-state index contributed by atoms with van der Waals surface area (Å²) in [6.45, 7) is 2.53. The van der Waals surface area contributed by atoms with Crippen LogP contribution in [0.15, 0.2) is 0 Å². The van der Waals surface area contributed by atoms with E-state index >= 15 is 0 Å². The van der Waals surface area contributed by atoms with Crippen molar-refractivity contribution < 1.29 is 14.6 Å². The molecule has 2 rings (SSSR count). The molecule has 0 aromatic rings. The van der Waals surface area contributed by atoms with Crippen LogP contribution in [-0.4, -0.2) is 48.3 Å². The zero-order chi connectivity index (χ0) is 11.6. The van der Waals surface area contributed by atoms with Crippen molar-refractivity contribution in [1.82, 2.24) is 4.90 Å². The van der Waals surface area contributed by atoms with Crippen molar-refractivity contribution in [2.24, 2.45) is 5.41 Å². The molecule has 16 heavy (non-hydrogen) atoms. The van der Waals surface area contributed by atoms with E-state index < -0.39 is 12.1 Å². The first kappa shape index (κ1) is 11.4. The maximum atomic E-state index is 10.8. The fourth-order valence-electron chi connectivity index (χ4n) is 2.21. The Bertz CT molecular complexity index is 320. The summed E-state index contributed by atoms with van der Waals surface area (Å²) < 4.78 is 5.16. The van der Waals surface area contributed by atoms with Crippen molar-refractivity contribution in [2.75, 3.05) is 26.2 Å². The highest BCUT2D eigenvalue weighted by atomic mass is 16.5. The molecule has 1 saturated carbocycles. The highest BCUT2D eigenvalue weighted by Gasteiger charge is 2.44. The molecule has 0 amide bonds. The number of rotatable bonds is 4. The first-order valence-electron chi connectivity index (χ1n) is 5.59. The zero-order valence-corrected chi connectivity index (χ0v) is 9.19. The van der Waals surface area contributed by atoms with E-state index in [1.165, 1.54) is 0 Å². The van der Waals surface area contributed by atoms with Crippen LogP contribution in [-0.2, 0) is 9.53 Å². The maximum absolute atomic E-state index is 10.8. The standard InChI is InChI=1S/C11H16N2O3/c12-4-3-11(1-2-11)8-13-5-6-16-9(7-13)10(14)15/h9H,1-3,5-8H2,(H,14,15). The molecule has 1 heterocycles. The van der Waals surface area contributed by atoms with Crippen LogP contribution in [0.2, 0.25) is 0 Å². The third-order valence-electron chi connectivity index (χ3n) is 3.40. The summed E-state index contributed by atoms with van der Waals surface area (Å²) in [5.74, 6) is -0.894. The van der Waals surface area contributed by atoms with Gasteiger partial charge in [-0.15, -0.1) is 0 Å². The number of carboxylic acids is 1. The number of hydrogen-bond acceptors (Lipinski definition) is 4. The largest absolute Gasteiger partial charge is 0.479 e. The lowest BCUT2D eigenvalue weighted by atomic mass is 10.0. The third-order valence-corrected chi connectivity index (χ3v) is 3.40. The molecule has 2 aliphatic rings. The minimum absolute atomic E-state index is 0.148. The lowest BCUT2D eigenvalue weighted by Crippen LogP contribution is -2.47. The fraction of sp³-hybridized carbons (Fsp3) is 0.818. The van der Waals surface area contributed by atoms with Gasteiger partial charge < -0.3 is 9.84 Å². The average molecular weight is 224 g/mol. The molecular formula is C11H16N2O3. The molecule has 0 radical (unpaired) electrons. The van der Waals surface area contributed by atoms with E-state index in [4.69, 9.17) is 15.1 Å². The van der Waals surface area contributed by atoms with Crippen LogP contribution >= 0.6 is 0 Å². The first-order chi connectivity index (χ1) is 7.65. The van der Waals surface area contributed by atoms with Crippen LogP contribution in [0, 0.1) is 16.7 Å². The molecule has 1 aliphatic carbocycles. The quantitative estimate of drug-likeness (QED) is 0.751. The zero-order valence-electron chi connectivity index (χ0n) is 9.19. The Kier molecular flexibility index (Phi) is 3.13. The van der Waals surface area contributed by atoms with Gasteiger partial charge in [-0.05, 0) is 18.3 Å². The number of carbonyl (C=O) groups is 1. The lowest BCUT2D eigenvalue weighted by molar-refractivity contribution is -0.156. The molecule has 1 aliphatic heterocycles. The van der Waals surface area contributed by atoms with Crippen LogP contribution < -0.4 is 0 Å². The van der Waals surface area contributed by atoms with E-state index in [9.17, 15) is 4.79 Å². The number of hydrogen-bond donors (Lipinski definition) is 1. The molecule has 0 spiro atoms. The highest BCUT2D eigenvalue weighted by Crippen LogP contribution is 2.49. The van der Waals surface area contributed by atoms with E-state index in [0.717, 1.165) is 25.9 Å². The monoisotopic (exact) mass is 224 g/mol. The van der Waals surface area contributed by atoms with Crippen LogP contribution in [0.1, 0.15) is 19.3 Å². The van der Waals surface area contributed by atoms with Gasteiger partial charge in [0.15, 0.2) is 6.10 Å². The maximum Gasteiger partial charge on any atom is 0.334 e. The van der Waals surface area contributed by atoms with E-state index in [2.05, 4.69) is 11.0 Å². The summed E-state index contributed by atoms with van der Waals surface area (Å²) in [6, 6.07) is 2.22. The Morgan fingerprint density at radius 1 is 1.62 bits per heavy atom.